The average Bonchev–Trinajstić information content (AvgIpc) is 2.44. The van der Waals surface area contributed by atoms with Gasteiger partial charge in [-0.1, -0.05) is 24.3 Å². The lowest BCUT2D eigenvalue weighted by Crippen LogP contribution is -2.30. The number of benzene rings is 1. The fourth-order valence-corrected chi connectivity index (χ4v) is 1.39. The highest BCUT2D eigenvalue weighted by Gasteiger charge is 2.33. The van der Waals surface area contributed by atoms with Gasteiger partial charge in [0.25, 0.3) is 5.91 Å². The normalized spacial score (nSPS) is 15.8. The van der Waals surface area contributed by atoms with E-state index in [1.807, 2.05) is 19.1 Å². The first-order chi connectivity index (χ1) is 7.09. The number of hydrogen-bond donors (Lipinski definition) is 1. The summed E-state index contributed by atoms with van der Waals surface area (Å²) in [6.45, 7) is 5.39. The number of nitrogens with one attached hydrogen (secondary N) is 1. The van der Waals surface area contributed by atoms with Crippen molar-refractivity contribution in [2.24, 2.45) is 0 Å². The van der Waals surface area contributed by atoms with Gasteiger partial charge in [-0.15, -0.1) is 0 Å². The SMILES string of the molecule is C=C1NC(=O)N(c2ccc(C)cc2)C1=O. The van der Waals surface area contributed by atoms with E-state index >= 15 is 0 Å². The van der Waals surface area contributed by atoms with Crippen molar-refractivity contribution in [1.29, 1.82) is 0 Å². The molecule has 4 heteroatoms. The largest absolute Gasteiger partial charge is 0.333 e. The number of urea groups is 1. The highest BCUT2D eigenvalue weighted by Crippen LogP contribution is 2.20. The van der Waals surface area contributed by atoms with E-state index in [0.717, 1.165) is 10.5 Å². The molecule has 1 fully saturated rings. The highest BCUT2D eigenvalue weighted by molar-refractivity contribution is 6.26. The summed E-state index contributed by atoms with van der Waals surface area (Å²) in [4.78, 5) is 24.0. The van der Waals surface area contributed by atoms with Crippen LogP contribution in [0.1, 0.15) is 5.56 Å². The summed E-state index contributed by atoms with van der Waals surface area (Å²) in [5.74, 6) is -0.399. The Morgan fingerprint density at radius 2 is 1.80 bits per heavy atom. The number of imide groups is 1. The van der Waals surface area contributed by atoms with E-state index in [9.17, 15) is 9.59 Å². The minimum absolute atomic E-state index is 0.112. The monoisotopic (exact) mass is 202 g/mol. The molecule has 0 aliphatic carbocycles. The second kappa shape index (κ2) is 3.24. The van der Waals surface area contributed by atoms with Gasteiger partial charge in [0, 0.05) is 0 Å². The molecule has 4 nitrogen and oxygen atoms in total. The Kier molecular flexibility index (Phi) is 2.04. The zero-order chi connectivity index (χ0) is 11.0. The molecule has 76 valence electrons. The molecule has 15 heavy (non-hydrogen) atoms. The molecule has 0 aromatic heterocycles. The van der Waals surface area contributed by atoms with Crippen molar-refractivity contribution in [3.63, 3.8) is 0 Å². The van der Waals surface area contributed by atoms with Crippen molar-refractivity contribution in [1.82, 2.24) is 5.32 Å². The van der Waals surface area contributed by atoms with E-state index in [2.05, 4.69) is 11.9 Å². The Morgan fingerprint density at radius 3 is 2.27 bits per heavy atom. The molecule has 2 rings (SSSR count). The maximum Gasteiger partial charge on any atom is 0.333 e. The summed E-state index contributed by atoms with van der Waals surface area (Å²) in [5, 5.41) is 2.37. The lowest BCUT2D eigenvalue weighted by Gasteiger charge is -2.11. The minimum Gasteiger partial charge on any atom is -0.303 e. The second-order valence-electron chi connectivity index (χ2n) is 3.38. The number of hydrogen-bond acceptors (Lipinski definition) is 2. The molecule has 1 heterocycles. The zero-order valence-corrected chi connectivity index (χ0v) is 8.28. The fraction of sp³-hybridized carbons (Fsp3) is 0.0909. The van der Waals surface area contributed by atoms with Gasteiger partial charge >= 0.3 is 6.03 Å². The predicted molar refractivity (Wildman–Crippen MR) is 56.3 cm³/mol. The molecule has 1 aromatic rings. The molecule has 0 bridgehead atoms. The number of anilines is 1. The molecule has 1 saturated heterocycles. The van der Waals surface area contributed by atoms with Gasteiger partial charge in [0.15, 0.2) is 0 Å². The molecule has 0 saturated carbocycles. The molecule has 3 amide bonds. The van der Waals surface area contributed by atoms with Crippen LogP contribution in [0.3, 0.4) is 0 Å². The molecule has 0 atom stereocenters. The number of amides is 3. The Morgan fingerprint density at radius 1 is 1.20 bits per heavy atom. The van der Waals surface area contributed by atoms with Gasteiger partial charge in [-0.05, 0) is 19.1 Å². The van der Waals surface area contributed by atoms with Crippen molar-refractivity contribution in [3.8, 4) is 0 Å². The van der Waals surface area contributed by atoms with Crippen LogP contribution < -0.4 is 10.2 Å². The number of nitrogens with zero attached hydrogens (tertiary/aromatic N) is 1. The molecule has 1 aliphatic heterocycles. The summed E-state index contributed by atoms with van der Waals surface area (Å²) in [6, 6.07) is 6.69. The Hall–Kier alpha value is -2.10. The summed E-state index contributed by atoms with van der Waals surface area (Å²) < 4.78 is 0. The smallest absolute Gasteiger partial charge is 0.303 e. The summed E-state index contributed by atoms with van der Waals surface area (Å²) in [7, 11) is 0. The van der Waals surface area contributed by atoms with Crippen LogP contribution in [0.25, 0.3) is 0 Å². The highest BCUT2D eigenvalue weighted by atomic mass is 16.2. The maximum absolute atomic E-state index is 11.5. The topological polar surface area (TPSA) is 49.4 Å². The molecule has 0 spiro atoms. The summed E-state index contributed by atoms with van der Waals surface area (Å²) >= 11 is 0. The van der Waals surface area contributed by atoms with E-state index in [1.165, 1.54) is 0 Å². The van der Waals surface area contributed by atoms with Crippen LogP contribution in [0.2, 0.25) is 0 Å². The number of carbonyl (C=O) groups excluding carboxylic acids is 2. The van der Waals surface area contributed by atoms with Crippen LogP contribution in [0.5, 0.6) is 0 Å². The minimum atomic E-state index is -0.450. The second-order valence-corrected chi connectivity index (χ2v) is 3.38. The van der Waals surface area contributed by atoms with Crippen molar-refractivity contribution >= 4 is 17.6 Å². The molecule has 0 unspecified atom stereocenters. The zero-order valence-electron chi connectivity index (χ0n) is 8.28. The van der Waals surface area contributed by atoms with Gasteiger partial charge < -0.3 is 5.32 Å². The molecular formula is C11H10N2O2. The summed E-state index contributed by atoms with van der Waals surface area (Å²) in [6.07, 6.45) is 0. The van der Waals surface area contributed by atoms with Gasteiger partial charge in [0.2, 0.25) is 0 Å². The average molecular weight is 202 g/mol. The fourth-order valence-electron chi connectivity index (χ4n) is 1.39. The van der Waals surface area contributed by atoms with Gasteiger partial charge in [0.05, 0.1) is 5.69 Å². The first kappa shape index (κ1) is 9.45. The van der Waals surface area contributed by atoms with Crippen LogP contribution in [-0.2, 0) is 4.79 Å². The number of rotatable bonds is 1. The first-order valence-corrected chi connectivity index (χ1v) is 4.50. The third-order valence-electron chi connectivity index (χ3n) is 2.21. The standard InChI is InChI=1S/C11H10N2O2/c1-7-3-5-9(6-4-7)13-10(14)8(2)12-11(13)15/h3-6H,2H2,1H3,(H,12,15). The Balaban J connectivity index is 2.39. The quantitative estimate of drug-likeness (QED) is 0.555. The first-order valence-electron chi connectivity index (χ1n) is 4.50. The third-order valence-corrected chi connectivity index (χ3v) is 2.21. The van der Waals surface area contributed by atoms with Gasteiger partial charge in [-0.3, -0.25) is 4.79 Å². The van der Waals surface area contributed by atoms with Crippen LogP contribution in [0, 0.1) is 6.92 Å². The van der Waals surface area contributed by atoms with E-state index in [0.29, 0.717) is 5.69 Å². The van der Waals surface area contributed by atoms with Crippen molar-refractivity contribution in [2.45, 2.75) is 6.92 Å². The number of carbonyl (C=O) groups is 2. The van der Waals surface area contributed by atoms with Crippen molar-refractivity contribution < 1.29 is 9.59 Å². The summed E-state index contributed by atoms with van der Waals surface area (Å²) in [5.41, 5.74) is 1.74. The van der Waals surface area contributed by atoms with E-state index in [1.54, 1.807) is 12.1 Å². The lowest BCUT2D eigenvalue weighted by atomic mass is 10.2. The molecule has 1 N–H and O–H groups in total. The third kappa shape index (κ3) is 1.50. The lowest BCUT2D eigenvalue weighted by molar-refractivity contribution is -0.113. The van der Waals surface area contributed by atoms with Crippen molar-refractivity contribution in [2.75, 3.05) is 4.90 Å². The van der Waals surface area contributed by atoms with Crippen LogP contribution in [-0.4, -0.2) is 11.9 Å². The molecular weight excluding hydrogens is 192 g/mol. The predicted octanol–water partition coefficient (Wildman–Crippen LogP) is 1.56. The van der Waals surface area contributed by atoms with E-state index < -0.39 is 11.9 Å². The Bertz CT molecular complexity index is 448. The van der Waals surface area contributed by atoms with Crippen LogP contribution >= 0.6 is 0 Å². The van der Waals surface area contributed by atoms with Crippen LogP contribution in [0.15, 0.2) is 36.5 Å². The van der Waals surface area contributed by atoms with E-state index in [4.69, 9.17) is 0 Å². The number of aryl methyl sites for hydroxylation is 1. The van der Waals surface area contributed by atoms with Crippen molar-refractivity contribution in [3.05, 3.63) is 42.1 Å². The van der Waals surface area contributed by atoms with E-state index in [-0.39, 0.29) is 5.70 Å². The molecule has 1 aromatic carbocycles. The maximum atomic E-state index is 11.5. The van der Waals surface area contributed by atoms with Gasteiger partial charge in [-0.2, -0.15) is 0 Å². The molecule has 1 aliphatic rings. The Labute approximate surface area is 87.2 Å². The molecule has 0 radical (unpaired) electrons. The van der Waals surface area contributed by atoms with Gasteiger partial charge in [-0.25, -0.2) is 9.69 Å². The van der Waals surface area contributed by atoms with Gasteiger partial charge in [0.1, 0.15) is 5.70 Å². The van der Waals surface area contributed by atoms with Crippen LogP contribution in [0.4, 0.5) is 10.5 Å².